The third-order valence-corrected chi connectivity index (χ3v) is 5.09. The average Bonchev–Trinajstić information content (AvgIpc) is 2.75. The summed E-state index contributed by atoms with van der Waals surface area (Å²) >= 11 is 6.20. The highest BCUT2D eigenvalue weighted by molar-refractivity contribution is 6.33. The van der Waals surface area contributed by atoms with Crippen molar-refractivity contribution in [1.29, 1.82) is 0 Å². The normalized spacial score (nSPS) is 10.8. The predicted octanol–water partition coefficient (Wildman–Crippen LogP) is 3.46. The van der Waals surface area contributed by atoms with E-state index in [0.717, 1.165) is 12.0 Å². The van der Waals surface area contributed by atoms with Gasteiger partial charge in [-0.2, -0.15) is 0 Å². The number of aromatic nitrogens is 2. The molecule has 2 N–H and O–H groups in total. The maximum absolute atomic E-state index is 13.1. The van der Waals surface area contributed by atoms with Crippen LogP contribution in [0.25, 0.3) is 11.0 Å². The van der Waals surface area contributed by atoms with Crippen LogP contribution in [-0.4, -0.2) is 27.9 Å². The lowest BCUT2D eigenvalue weighted by atomic mass is 10.2. The smallest absolute Gasteiger partial charge is 0.273 e. The molecule has 0 saturated heterocycles. The highest BCUT2D eigenvalue weighted by Gasteiger charge is 2.15. The summed E-state index contributed by atoms with van der Waals surface area (Å²) in [6.07, 6.45) is 1.20. The van der Waals surface area contributed by atoms with Gasteiger partial charge < -0.3 is 10.6 Å². The number of fused-ring (bicyclic) bond motifs is 1. The van der Waals surface area contributed by atoms with Crippen LogP contribution in [0.3, 0.4) is 0 Å². The van der Waals surface area contributed by atoms with Gasteiger partial charge in [0.2, 0.25) is 11.8 Å². The third kappa shape index (κ3) is 5.70. The average molecular weight is 441 g/mol. The van der Waals surface area contributed by atoms with Crippen molar-refractivity contribution in [3.8, 4) is 0 Å². The van der Waals surface area contributed by atoms with Crippen LogP contribution in [0.1, 0.15) is 31.0 Å². The third-order valence-electron chi connectivity index (χ3n) is 4.78. The number of hydrogen-bond acceptors (Lipinski definition) is 4. The number of rotatable bonds is 8. The molecule has 0 saturated carbocycles. The van der Waals surface area contributed by atoms with E-state index in [1.807, 2.05) is 26.0 Å². The molecule has 2 aromatic carbocycles. The molecule has 0 unspecified atom stereocenters. The van der Waals surface area contributed by atoms with Gasteiger partial charge in [0.1, 0.15) is 12.2 Å². The Bertz CT molecular complexity index is 1170. The topological polar surface area (TPSA) is 93.1 Å². The number of benzene rings is 2. The van der Waals surface area contributed by atoms with E-state index in [-0.39, 0.29) is 42.5 Å². The summed E-state index contributed by atoms with van der Waals surface area (Å²) in [5.41, 5.74) is 2.48. The molecule has 1 aromatic heterocycles. The Hall–Kier alpha value is -3.19. The first-order valence-corrected chi connectivity index (χ1v) is 10.6. The van der Waals surface area contributed by atoms with Gasteiger partial charge in [-0.25, -0.2) is 4.98 Å². The van der Waals surface area contributed by atoms with Gasteiger partial charge >= 0.3 is 0 Å². The van der Waals surface area contributed by atoms with Crippen LogP contribution in [0.5, 0.6) is 0 Å². The number of nitrogens with one attached hydrogen (secondary N) is 2. The number of halogens is 1. The lowest BCUT2D eigenvalue weighted by Gasteiger charge is -2.13. The molecule has 3 rings (SSSR count). The van der Waals surface area contributed by atoms with E-state index >= 15 is 0 Å². The minimum absolute atomic E-state index is 0.130. The molecule has 0 aliphatic heterocycles. The first-order valence-electron chi connectivity index (χ1n) is 10.2. The molecule has 0 spiro atoms. The van der Waals surface area contributed by atoms with Gasteiger partial charge in [0.15, 0.2) is 0 Å². The molecule has 0 fully saturated rings. The zero-order chi connectivity index (χ0) is 22.4. The Morgan fingerprint density at radius 1 is 1.13 bits per heavy atom. The van der Waals surface area contributed by atoms with Crippen LogP contribution in [0, 0.1) is 6.92 Å². The summed E-state index contributed by atoms with van der Waals surface area (Å²) in [7, 11) is 0. The molecule has 0 aliphatic carbocycles. The largest absolute Gasteiger partial charge is 0.356 e. The molecule has 3 aromatic rings. The van der Waals surface area contributed by atoms with Crippen molar-refractivity contribution in [2.75, 3.05) is 11.9 Å². The first-order chi connectivity index (χ1) is 14.9. The highest BCUT2D eigenvalue weighted by atomic mass is 35.5. The van der Waals surface area contributed by atoms with Gasteiger partial charge in [-0.05, 0) is 43.2 Å². The van der Waals surface area contributed by atoms with Crippen LogP contribution in [0.15, 0.2) is 47.3 Å². The van der Waals surface area contributed by atoms with Crippen LogP contribution in [0.2, 0.25) is 5.02 Å². The molecular formula is C23H25ClN4O3. The maximum atomic E-state index is 13.1. The fourth-order valence-corrected chi connectivity index (χ4v) is 3.49. The molecule has 0 aliphatic rings. The number of carbonyl (C=O) groups is 2. The van der Waals surface area contributed by atoms with Crippen molar-refractivity contribution in [2.45, 2.75) is 39.7 Å². The van der Waals surface area contributed by atoms with E-state index in [9.17, 15) is 14.4 Å². The van der Waals surface area contributed by atoms with Gasteiger partial charge in [0.25, 0.3) is 5.56 Å². The van der Waals surface area contributed by atoms with E-state index in [1.165, 1.54) is 4.57 Å². The first kappa shape index (κ1) is 22.5. The number of aryl methyl sites for hydroxylation is 2. The van der Waals surface area contributed by atoms with Crippen LogP contribution < -0.4 is 16.2 Å². The van der Waals surface area contributed by atoms with Gasteiger partial charge in [-0.3, -0.25) is 19.0 Å². The summed E-state index contributed by atoms with van der Waals surface area (Å²) in [6.45, 7) is 4.28. The fraction of sp³-hybridized carbons (Fsp3) is 0.304. The lowest BCUT2D eigenvalue weighted by Crippen LogP contribution is -2.32. The molecule has 31 heavy (non-hydrogen) atoms. The Kier molecular flexibility index (Phi) is 7.41. The van der Waals surface area contributed by atoms with Gasteiger partial charge in [0, 0.05) is 19.4 Å². The zero-order valence-electron chi connectivity index (χ0n) is 17.6. The van der Waals surface area contributed by atoms with E-state index in [4.69, 9.17) is 11.6 Å². The van der Waals surface area contributed by atoms with Gasteiger partial charge in [-0.1, -0.05) is 36.7 Å². The van der Waals surface area contributed by atoms with Crippen molar-refractivity contribution >= 4 is 40.1 Å². The van der Waals surface area contributed by atoms with Crippen molar-refractivity contribution in [2.24, 2.45) is 0 Å². The predicted molar refractivity (Wildman–Crippen MR) is 122 cm³/mol. The van der Waals surface area contributed by atoms with Gasteiger partial charge in [0.05, 0.1) is 21.7 Å². The van der Waals surface area contributed by atoms with Gasteiger partial charge in [-0.15, -0.1) is 0 Å². The zero-order valence-corrected chi connectivity index (χ0v) is 18.3. The minimum atomic E-state index is -0.382. The summed E-state index contributed by atoms with van der Waals surface area (Å²) < 4.78 is 1.39. The number of para-hydroxylation sites is 2. The van der Waals surface area contributed by atoms with E-state index < -0.39 is 0 Å². The monoisotopic (exact) mass is 440 g/mol. The Morgan fingerprint density at radius 3 is 2.65 bits per heavy atom. The Morgan fingerprint density at radius 2 is 1.90 bits per heavy atom. The molecule has 2 amide bonds. The van der Waals surface area contributed by atoms with Crippen LogP contribution in [-0.2, 0) is 22.6 Å². The molecule has 8 heteroatoms. The number of hydrogen-bond donors (Lipinski definition) is 2. The molecule has 162 valence electrons. The van der Waals surface area contributed by atoms with Crippen molar-refractivity contribution in [1.82, 2.24) is 14.9 Å². The van der Waals surface area contributed by atoms with E-state index in [1.54, 1.807) is 30.3 Å². The maximum Gasteiger partial charge on any atom is 0.273 e. The molecule has 0 radical (unpaired) electrons. The van der Waals surface area contributed by atoms with Crippen LogP contribution in [0.4, 0.5) is 5.69 Å². The fourth-order valence-electron chi connectivity index (χ4n) is 3.20. The second kappa shape index (κ2) is 10.2. The summed E-state index contributed by atoms with van der Waals surface area (Å²) in [5, 5.41) is 5.98. The molecule has 1 heterocycles. The molecular weight excluding hydrogens is 416 g/mol. The quantitative estimate of drug-likeness (QED) is 0.561. The number of carbonyl (C=O) groups excluding carboxylic acids is 2. The molecule has 0 bridgehead atoms. The number of nitrogens with zero attached hydrogens (tertiary/aromatic N) is 2. The van der Waals surface area contributed by atoms with Crippen molar-refractivity contribution < 1.29 is 9.59 Å². The molecule has 0 atom stereocenters. The minimum Gasteiger partial charge on any atom is -0.356 e. The summed E-state index contributed by atoms with van der Waals surface area (Å²) in [4.78, 5) is 42.2. The molecule has 7 nitrogen and oxygen atoms in total. The van der Waals surface area contributed by atoms with Crippen molar-refractivity contribution in [3.05, 3.63) is 69.1 Å². The highest BCUT2D eigenvalue weighted by Crippen LogP contribution is 2.22. The van der Waals surface area contributed by atoms with E-state index in [0.29, 0.717) is 28.3 Å². The standard InChI is InChI=1S/C23H25ClN4O3/c1-3-12-25-21(29)11-10-19-23(31)28(20-7-5-4-6-18(20)26-19)14-22(30)27-17-9-8-15(2)13-16(17)24/h4-9,13H,3,10-12,14H2,1-2H3,(H,25,29)(H,27,30). The number of anilines is 1. The van der Waals surface area contributed by atoms with Crippen LogP contribution >= 0.6 is 11.6 Å². The summed E-state index contributed by atoms with van der Waals surface area (Å²) in [6, 6.07) is 12.4. The SMILES string of the molecule is CCCNC(=O)CCc1nc2ccccc2n(CC(=O)Nc2ccc(C)cc2Cl)c1=O. The number of amides is 2. The second-order valence-corrected chi connectivity index (χ2v) is 7.73. The Balaban J connectivity index is 1.86. The van der Waals surface area contributed by atoms with E-state index in [2.05, 4.69) is 15.6 Å². The Labute approximate surface area is 185 Å². The second-order valence-electron chi connectivity index (χ2n) is 7.32. The summed E-state index contributed by atoms with van der Waals surface area (Å²) in [5.74, 6) is -0.509. The van der Waals surface area contributed by atoms with Crippen molar-refractivity contribution in [3.63, 3.8) is 0 Å². The lowest BCUT2D eigenvalue weighted by molar-refractivity contribution is -0.121.